The highest BCUT2D eigenvalue weighted by molar-refractivity contribution is 5.92. The Kier molecular flexibility index (Phi) is 4.04. The summed E-state index contributed by atoms with van der Waals surface area (Å²) in [6.45, 7) is 3.43. The van der Waals surface area contributed by atoms with E-state index >= 15 is 0 Å². The highest BCUT2D eigenvalue weighted by Crippen LogP contribution is 2.33. The Morgan fingerprint density at radius 3 is 3.00 bits per heavy atom. The molecule has 1 N–H and O–H groups in total. The third-order valence-corrected chi connectivity index (χ3v) is 2.68. The molecule has 0 aromatic heterocycles. The Morgan fingerprint density at radius 1 is 1.56 bits per heavy atom. The fourth-order valence-corrected chi connectivity index (χ4v) is 1.85. The second-order valence-corrected chi connectivity index (χ2v) is 3.97. The second-order valence-electron chi connectivity index (χ2n) is 3.97. The van der Waals surface area contributed by atoms with Crippen LogP contribution in [0.3, 0.4) is 0 Å². The van der Waals surface area contributed by atoms with Crippen molar-refractivity contribution in [3.05, 3.63) is 23.8 Å². The predicted molar refractivity (Wildman–Crippen MR) is 64.4 cm³/mol. The molecule has 98 valence electrons. The van der Waals surface area contributed by atoms with Crippen molar-refractivity contribution in [2.45, 2.75) is 19.4 Å². The maximum atomic E-state index is 11.2. The lowest BCUT2D eigenvalue weighted by molar-refractivity contribution is 0.0685. The molecule has 0 aliphatic carbocycles. The number of carboxylic acids is 1. The molecule has 0 spiro atoms. The van der Waals surface area contributed by atoms with Crippen LogP contribution in [-0.2, 0) is 4.74 Å². The van der Waals surface area contributed by atoms with E-state index < -0.39 is 5.97 Å². The van der Waals surface area contributed by atoms with Crippen molar-refractivity contribution in [1.82, 2.24) is 0 Å². The molecule has 0 amide bonds. The van der Waals surface area contributed by atoms with E-state index in [9.17, 15) is 4.79 Å². The fourth-order valence-electron chi connectivity index (χ4n) is 1.85. The van der Waals surface area contributed by atoms with Crippen LogP contribution in [0.25, 0.3) is 0 Å². The summed E-state index contributed by atoms with van der Waals surface area (Å²) in [4.78, 5) is 11.2. The first-order valence-corrected chi connectivity index (χ1v) is 5.96. The first kappa shape index (κ1) is 12.7. The molecular weight excluding hydrogens is 236 g/mol. The van der Waals surface area contributed by atoms with Crippen molar-refractivity contribution in [3.63, 3.8) is 0 Å². The van der Waals surface area contributed by atoms with Gasteiger partial charge in [-0.05, 0) is 19.1 Å². The van der Waals surface area contributed by atoms with Gasteiger partial charge in [0.2, 0.25) is 0 Å². The zero-order valence-corrected chi connectivity index (χ0v) is 10.2. The van der Waals surface area contributed by atoms with Crippen molar-refractivity contribution in [2.75, 3.05) is 19.8 Å². The smallest absolute Gasteiger partial charge is 0.339 e. The first-order valence-electron chi connectivity index (χ1n) is 5.96. The third kappa shape index (κ3) is 2.73. The normalized spacial score (nSPS) is 18.6. The fraction of sp³-hybridized carbons (Fsp3) is 0.462. The molecule has 0 bridgehead atoms. The number of carbonyl (C=O) groups is 1. The van der Waals surface area contributed by atoms with Crippen LogP contribution in [0.5, 0.6) is 11.5 Å². The van der Waals surface area contributed by atoms with Gasteiger partial charge in [0.1, 0.15) is 11.7 Å². The van der Waals surface area contributed by atoms with E-state index in [4.69, 9.17) is 19.3 Å². The van der Waals surface area contributed by atoms with Crippen LogP contribution in [0.2, 0.25) is 0 Å². The van der Waals surface area contributed by atoms with Gasteiger partial charge in [-0.25, -0.2) is 4.79 Å². The molecule has 1 aromatic rings. The molecule has 1 fully saturated rings. The van der Waals surface area contributed by atoms with Crippen LogP contribution in [0.4, 0.5) is 0 Å². The number of hydrogen-bond donors (Lipinski definition) is 1. The predicted octanol–water partition coefficient (Wildman–Crippen LogP) is 1.95. The van der Waals surface area contributed by atoms with Crippen LogP contribution in [0.15, 0.2) is 18.2 Å². The van der Waals surface area contributed by atoms with E-state index in [1.54, 1.807) is 12.1 Å². The molecule has 1 unspecified atom stereocenters. The monoisotopic (exact) mass is 252 g/mol. The quantitative estimate of drug-likeness (QED) is 0.867. The maximum absolute atomic E-state index is 11.2. The Labute approximate surface area is 105 Å². The topological polar surface area (TPSA) is 65.0 Å². The van der Waals surface area contributed by atoms with Gasteiger partial charge in [-0.3, -0.25) is 0 Å². The molecule has 0 radical (unpaired) electrons. The first-order chi connectivity index (χ1) is 8.72. The Hall–Kier alpha value is -1.75. The molecule has 1 aliphatic heterocycles. The van der Waals surface area contributed by atoms with Crippen molar-refractivity contribution >= 4 is 5.97 Å². The summed E-state index contributed by atoms with van der Waals surface area (Å²) in [5, 5.41) is 9.17. The van der Waals surface area contributed by atoms with Crippen LogP contribution in [-0.4, -0.2) is 37.0 Å². The van der Waals surface area contributed by atoms with Gasteiger partial charge in [-0.2, -0.15) is 0 Å². The van der Waals surface area contributed by atoms with Gasteiger partial charge in [0, 0.05) is 6.42 Å². The summed E-state index contributed by atoms with van der Waals surface area (Å²) in [5.41, 5.74) is 0.118. The van der Waals surface area contributed by atoms with Crippen LogP contribution >= 0.6 is 0 Å². The largest absolute Gasteiger partial charge is 0.490 e. The molecule has 1 saturated heterocycles. The molecule has 0 saturated carbocycles. The number of hydrogen-bond acceptors (Lipinski definition) is 4. The highest BCUT2D eigenvalue weighted by Gasteiger charge is 2.23. The van der Waals surface area contributed by atoms with Crippen molar-refractivity contribution in [1.29, 1.82) is 0 Å². The van der Waals surface area contributed by atoms with Gasteiger partial charge in [0.25, 0.3) is 0 Å². The highest BCUT2D eigenvalue weighted by atomic mass is 16.6. The van der Waals surface area contributed by atoms with Crippen molar-refractivity contribution < 1.29 is 24.1 Å². The Morgan fingerprint density at radius 2 is 2.39 bits per heavy atom. The molecule has 1 aliphatic rings. The summed E-state index contributed by atoms with van der Waals surface area (Å²) in [7, 11) is 0. The lowest BCUT2D eigenvalue weighted by Gasteiger charge is -2.17. The van der Waals surface area contributed by atoms with Crippen LogP contribution in [0, 0.1) is 0 Å². The van der Waals surface area contributed by atoms with Crippen LogP contribution in [0.1, 0.15) is 23.7 Å². The van der Waals surface area contributed by atoms with Gasteiger partial charge in [-0.15, -0.1) is 0 Å². The lowest BCUT2D eigenvalue weighted by atomic mass is 10.2. The molecule has 1 heterocycles. The number of aromatic carboxylic acids is 1. The van der Waals surface area contributed by atoms with Gasteiger partial charge in [0.15, 0.2) is 11.5 Å². The molecule has 1 atom stereocenters. The minimum atomic E-state index is -1.02. The molecule has 18 heavy (non-hydrogen) atoms. The van der Waals surface area contributed by atoms with E-state index in [0.29, 0.717) is 31.3 Å². The van der Waals surface area contributed by atoms with Gasteiger partial charge in [-0.1, -0.05) is 6.07 Å². The van der Waals surface area contributed by atoms with E-state index in [1.165, 1.54) is 6.07 Å². The number of rotatable bonds is 5. The number of ether oxygens (including phenoxy) is 3. The van der Waals surface area contributed by atoms with Crippen molar-refractivity contribution in [2.24, 2.45) is 0 Å². The second kappa shape index (κ2) is 5.73. The minimum Gasteiger partial charge on any atom is -0.490 e. The molecule has 2 rings (SSSR count). The van der Waals surface area contributed by atoms with E-state index in [1.807, 2.05) is 6.92 Å². The van der Waals surface area contributed by atoms with E-state index in [2.05, 4.69) is 0 Å². The Bertz CT molecular complexity index is 423. The maximum Gasteiger partial charge on any atom is 0.339 e. The summed E-state index contributed by atoms with van der Waals surface area (Å²) >= 11 is 0. The number of carboxylic acid groups (broad SMARTS) is 1. The van der Waals surface area contributed by atoms with Gasteiger partial charge < -0.3 is 19.3 Å². The molecule has 5 nitrogen and oxygen atoms in total. The van der Waals surface area contributed by atoms with Crippen LogP contribution < -0.4 is 9.47 Å². The van der Waals surface area contributed by atoms with Gasteiger partial charge >= 0.3 is 5.97 Å². The van der Waals surface area contributed by atoms with Gasteiger partial charge in [0.05, 0.1) is 19.8 Å². The standard InChI is InChI=1S/C13H16O5/c1-2-17-11-5-3-4-10(13(14)15)12(11)18-9-6-7-16-8-9/h3-5,9H,2,6-8H2,1H3,(H,14,15). The SMILES string of the molecule is CCOc1cccc(C(=O)O)c1OC1CCOC1. The average molecular weight is 252 g/mol. The zero-order valence-electron chi connectivity index (χ0n) is 10.2. The van der Waals surface area contributed by atoms with E-state index in [0.717, 1.165) is 6.42 Å². The number of para-hydroxylation sites is 1. The third-order valence-electron chi connectivity index (χ3n) is 2.68. The lowest BCUT2D eigenvalue weighted by Crippen LogP contribution is -2.18. The molecular formula is C13H16O5. The molecule has 5 heteroatoms. The van der Waals surface area contributed by atoms with E-state index in [-0.39, 0.29) is 11.7 Å². The zero-order chi connectivity index (χ0) is 13.0. The number of benzene rings is 1. The minimum absolute atomic E-state index is 0.107. The Balaban J connectivity index is 2.29. The molecule has 1 aromatic carbocycles. The summed E-state index contributed by atoms with van der Waals surface area (Å²) in [5.74, 6) is -0.267. The average Bonchev–Trinajstić information content (AvgIpc) is 2.84. The summed E-state index contributed by atoms with van der Waals surface area (Å²) in [6, 6.07) is 4.86. The summed E-state index contributed by atoms with van der Waals surface area (Å²) < 4.78 is 16.3. The summed E-state index contributed by atoms with van der Waals surface area (Å²) in [6.07, 6.45) is 0.657. The van der Waals surface area contributed by atoms with Crippen molar-refractivity contribution in [3.8, 4) is 11.5 Å².